The number of rotatable bonds is 5. The van der Waals surface area contributed by atoms with Crippen LogP contribution < -0.4 is 0 Å². The van der Waals surface area contributed by atoms with Crippen LogP contribution in [-0.2, 0) is 20.9 Å². The van der Waals surface area contributed by atoms with E-state index < -0.39 is 42.6 Å². The number of aliphatic carboxylic acids is 1. The molecule has 1 aromatic heterocycles. The highest BCUT2D eigenvalue weighted by Crippen LogP contribution is 2.23. The van der Waals surface area contributed by atoms with Gasteiger partial charge in [-0.05, 0) is 12.1 Å². The van der Waals surface area contributed by atoms with Gasteiger partial charge in [-0.15, -0.1) is 0 Å². The number of carboxylic acid groups (broad SMARTS) is 2. The molecule has 0 aliphatic carbocycles. The van der Waals surface area contributed by atoms with Crippen molar-refractivity contribution in [2.45, 2.75) is 37.3 Å². The van der Waals surface area contributed by atoms with Gasteiger partial charge in [0, 0.05) is 0 Å². The zero-order chi connectivity index (χ0) is 16.4. The van der Waals surface area contributed by atoms with Crippen LogP contribution in [0.4, 0.5) is 0 Å². The van der Waals surface area contributed by atoms with E-state index in [2.05, 4.69) is 0 Å². The van der Waals surface area contributed by atoms with Crippen LogP contribution in [-0.4, -0.2) is 68.2 Å². The molecular formula is C12H14O10. The Morgan fingerprint density at radius 3 is 2.32 bits per heavy atom. The summed E-state index contributed by atoms with van der Waals surface area (Å²) < 4.78 is 14.9. The molecule has 1 aromatic rings. The molecule has 0 amide bonds. The van der Waals surface area contributed by atoms with E-state index in [-0.39, 0.29) is 18.1 Å². The highest BCUT2D eigenvalue weighted by atomic mass is 16.7. The lowest BCUT2D eigenvalue weighted by atomic mass is 9.99. The van der Waals surface area contributed by atoms with E-state index in [1.807, 2.05) is 0 Å². The predicted molar refractivity (Wildman–Crippen MR) is 64.8 cm³/mol. The number of aromatic carboxylic acids is 1. The van der Waals surface area contributed by atoms with E-state index in [0.717, 1.165) is 0 Å². The molecule has 10 nitrogen and oxygen atoms in total. The molecule has 2 heterocycles. The van der Waals surface area contributed by atoms with Crippen molar-refractivity contribution in [2.75, 3.05) is 0 Å². The molecule has 1 saturated heterocycles. The highest BCUT2D eigenvalue weighted by Gasteiger charge is 2.47. The molecule has 5 atom stereocenters. The largest absolute Gasteiger partial charge is 0.479 e. The van der Waals surface area contributed by atoms with Crippen molar-refractivity contribution in [1.29, 1.82) is 0 Å². The van der Waals surface area contributed by atoms with Gasteiger partial charge in [0.25, 0.3) is 0 Å². The van der Waals surface area contributed by atoms with Gasteiger partial charge in [0.15, 0.2) is 12.4 Å². The standard InChI is InChI=1S/C12H14O10/c13-6-7(14)9(11(18)19)22-12(8(6)15)20-3-4-1-2-5(21-4)10(16)17/h1-2,6-9,12-15H,3H2,(H,16,17)(H,18,19)/t6-,7-,8+,9-,12-/m0/s1. The van der Waals surface area contributed by atoms with Crippen LogP contribution in [0.5, 0.6) is 0 Å². The number of aliphatic hydroxyl groups is 3. The Bertz CT molecular complexity index is 552. The van der Waals surface area contributed by atoms with Gasteiger partial charge in [-0.3, -0.25) is 0 Å². The Hall–Kier alpha value is -1.98. The van der Waals surface area contributed by atoms with Gasteiger partial charge in [0.1, 0.15) is 30.7 Å². The summed E-state index contributed by atoms with van der Waals surface area (Å²) in [6.45, 7) is -0.329. The molecule has 1 aliphatic rings. The van der Waals surface area contributed by atoms with Crippen LogP contribution in [0.1, 0.15) is 16.3 Å². The number of furan rings is 1. The number of ether oxygens (including phenoxy) is 2. The summed E-state index contributed by atoms with van der Waals surface area (Å²) in [5.74, 6) is -3.02. The van der Waals surface area contributed by atoms with Crippen LogP contribution in [0.25, 0.3) is 0 Å². The fraction of sp³-hybridized carbons (Fsp3) is 0.500. The van der Waals surface area contributed by atoms with Crippen molar-refractivity contribution in [3.05, 3.63) is 23.7 Å². The van der Waals surface area contributed by atoms with Crippen LogP contribution >= 0.6 is 0 Å². The summed E-state index contributed by atoms with van der Waals surface area (Å²) in [6, 6.07) is 2.51. The molecule has 0 radical (unpaired) electrons. The molecule has 122 valence electrons. The lowest BCUT2D eigenvalue weighted by molar-refractivity contribution is -0.297. The third kappa shape index (κ3) is 3.26. The fourth-order valence-electron chi connectivity index (χ4n) is 1.92. The number of carboxylic acids is 2. The van der Waals surface area contributed by atoms with Crippen molar-refractivity contribution in [3.63, 3.8) is 0 Å². The van der Waals surface area contributed by atoms with Crippen molar-refractivity contribution < 1.29 is 49.0 Å². The molecule has 0 spiro atoms. The average molecular weight is 318 g/mol. The second-order valence-corrected chi connectivity index (χ2v) is 4.62. The van der Waals surface area contributed by atoms with Gasteiger partial charge in [-0.1, -0.05) is 0 Å². The second-order valence-electron chi connectivity index (χ2n) is 4.62. The van der Waals surface area contributed by atoms with Gasteiger partial charge in [0.2, 0.25) is 5.76 Å². The van der Waals surface area contributed by atoms with Gasteiger partial charge in [0.05, 0.1) is 0 Å². The van der Waals surface area contributed by atoms with Crippen molar-refractivity contribution in [1.82, 2.24) is 0 Å². The first-order valence-electron chi connectivity index (χ1n) is 6.17. The first-order valence-corrected chi connectivity index (χ1v) is 6.17. The summed E-state index contributed by atoms with van der Waals surface area (Å²) >= 11 is 0. The van der Waals surface area contributed by atoms with Gasteiger partial charge in [-0.25, -0.2) is 9.59 Å². The maximum atomic E-state index is 10.9. The third-order valence-corrected chi connectivity index (χ3v) is 3.08. The van der Waals surface area contributed by atoms with Gasteiger partial charge in [-0.2, -0.15) is 0 Å². The highest BCUT2D eigenvalue weighted by molar-refractivity contribution is 5.84. The molecule has 1 aliphatic heterocycles. The maximum Gasteiger partial charge on any atom is 0.371 e. The molecule has 0 unspecified atom stereocenters. The minimum atomic E-state index is -1.81. The van der Waals surface area contributed by atoms with Crippen LogP contribution in [0, 0.1) is 0 Å². The van der Waals surface area contributed by atoms with E-state index in [4.69, 9.17) is 24.1 Å². The number of hydrogen-bond acceptors (Lipinski definition) is 8. The zero-order valence-electron chi connectivity index (χ0n) is 11.0. The lowest BCUT2D eigenvalue weighted by Crippen LogP contribution is -2.60. The molecule has 0 bridgehead atoms. The summed E-state index contributed by atoms with van der Waals surface area (Å²) in [5, 5.41) is 46.3. The fourth-order valence-corrected chi connectivity index (χ4v) is 1.92. The molecule has 2 rings (SSSR count). The summed E-state index contributed by atoms with van der Waals surface area (Å²) in [5.41, 5.74) is 0. The normalized spacial score (nSPS) is 31.9. The first-order chi connectivity index (χ1) is 10.3. The molecule has 0 aromatic carbocycles. The second kappa shape index (κ2) is 6.42. The molecular weight excluding hydrogens is 304 g/mol. The van der Waals surface area contributed by atoms with Gasteiger partial charge >= 0.3 is 11.9 Å². The summed E-state index contributed by atoms with van der Waals surface area (Å²) in [4.78, 5) is 21.5. The Kier molecular flexibility index (Phi) is 4.78. The lowest BCUT2D eigenvalue weighted by Gasteiger charge is -2.38. The summed E-state index contributed by atoms with van der Waals surface area (Å²) in [6.07, 6.45) is -8.56. The molecule has 22 heavy (non-hydrogen) atoms. The van der Waals surface area contributed by atoms with E-state index >= 15 is 0 Å². The van der Waals surface area contributed by atoms with Crippen molar-refractivity contribution in [2.24, 2.45) is 0 Å². The SMILES string of the molecule is O=C(O)c1ccc(CO[C@H]2O[C@H](C(=O)O)[C@@H](O)[C@H](O)[C@H]2O)o1. The van der Waals surface area contributed by atoms with Crippen LogP contribution in [0.3, 0.4) is 0 Å². The zero-order valence-corrected chi connectivity index (χ0v) is 11.0. The monoisotopic (exact) mass is 318 g/mol. The Labute approximate surface area is 123 Å². The van der Waals surface area contributed by atoms with E-state index in [1.165, 1.54) is 12.1 Å². The topological polar surface area (TPSA) is 167 Å². The minimum Gasteiger partial charge on any atom is -0.479 e. The smallest absolute Gasteiger partial charge is 0.371 e. The molecule has 0 saturated carbocycles. The van der Waals surface area contributed by atoms with Gasteiger partial charge < -0.3 is 39.4 Å². The van der Waals surface area contributed by atoms with E-state index in [1.54, 1.807) is 0 Å². The summed E-state index contributed by atoms with van der Waals surface area (Å²) in [7, 11) is 0. The van der Waals surface area contributed by atoms with Crippen LogP contribution in [0.15, 0.2) is 16.5 Å². The Morgan fingerprint density at radius 2 is 1.77 bits per heavy atom. The predicted octanol–water partition coefficient (Wildman–Crippen LogP) is -1.61. The number of carbonyl (C=O) groups is 2. The van der Waals surface area contributed by atoms with Crippen molar-refractivity contribution >= 4 is 11.9 Å². The third-order valence-electron chi connectivity index (χ3n) is 3.08. The number of aliphatic hydroxyl groups excluding tert-OH is 3. The number of hydrogen-bond donors (Lipinski definition) is 5. The Balaban J connectivity index is 2.01. The minimum absolute atomic E-state index is 0.0979. The Morgan fingerprint density at radius 1 is 1.09 bits per heavy atom. The molecule has 5 N–H and O–H groups in total. The molecule has 1 fully saturated rings. The molecule has 10 heteroatoms. The van der Waals surface area contributed by atoms with E-state index in [0.29, 0.717) is 0 Å². The van der Waals surface area contributed by atoms with E-state index in [9.17, 15) is 24.9 Å². The first kappa shape index (κ1) is 16.4. The van der Waals surface area contributed by atoms with Crippen molar-refractivity contribution in [3.8, 4) is 0 Å². The average Bonchev–Trinajstić information content (AvgIpc) is 2.93. The van der Waals surface area contributed by atoms with Crippen LogP contribution in [0.2, 0.25) is 0 Å². The quantitative estimate of drug-likeness (QED) is 0.426. The maximum absolute atomic E-state index is 10.9.